The van der Waals surface area contributed by atoms with Crippen LogP contribution in [0.2, 0.25) is 0 Å². The number of carbonyl (C=O) groups is 2. The first kappa shape index (κ1) is 9.23. The second-order valence-electron chi connectivity index (χ2n) is 3.97. The molecule has 1 heterocycles. The highest BCUT2D eigenvalue weighted by Gasteiger charge is 2.29. The molecule has 1 N–H and O–H groups in total. The number of amides is 2. The minimum atomic E-state index is -0.379. The minimum Gasteiger partial charge on any atom is -0.296 e. The van der Waals surface area contributed by atoms with Gasteiger partial charge in [0.2, 0.25) is 11.8 Å². The summed E-state index contributed by atoms with van der Waals surface area (Å²) in [4.78, 5) is 22.4. The molecule has 1 saturated heterocycles. The summed E-state index contributed by atoms with van der Waals surface area (Å²) >= 11 is 0. The van der Waals surface area contributed by atoms with Crippen LogP contribution in [0.25, 0.3) is 0 Å². The van der Waals surface area contributed by atoms with Crippen molar-refractivity contribution >= 4 is 11.8 Å². The van der Waals surface area contributed by atoms with Crippen molar-refractivity contribution in [3.8, 4) is 0 Å². The van der Waals surface area contributed by atoms with E-state index in [0.717, 1.165) is 19.3 Å². The van der Waals surface area contributed by atoms with Crippen LogP contribution in [0.5, 0.6) is 0 Å². The first-order chi connectivity index (χ1) is 5.52. The van der Waals surface area contributed by atoms with Crippen molar-refractivity contribution in [1.29, 1.82) is 0 Å². The van der Waals surface area contributed by atoms with Gasteiger partial charge in [0.05, 0.1) is 0 Å². The summed E-state index contributed by atoms with van der Waals surface area (Å²) < 4.78 is 0. The van der Waals surface area contributed by atoms with Gasteiger partial charge in [-0.15, -0.1) is 0 Å². The molecule has 3 nitrogen and oxygen atoms in total. The monoisotopic (exact) mass is 169 g/mol. The minimum absolute atomic E-state index is 0.132. The van der Waals surface area contributed by atoms with Crippen LogP contribution < -0.4 is 5.32 Å². The van der Waals surface area contributed by atoms with Crippen molar-refractivity contribution in [2.75, 3.05) is 0 Å². The first-order valence-electron chi connectivity index (χ1n) is 4.37. The maximum Gasteiger partial charge on any atom is 0.232 e. The normalized spacial score (nSPS) is 24.2. The fourth-order valence-electron chi connectivity index (χ4n) is 1.32. The number of rotatable bonds is 0. The van der Waals surface area contributed by atoms with Gasteiger partial charge in [0.1, 0.15) is 0 Å². The molecule has 1 aliphatic heterocycles. The molecule has 68 valence electrons. The smallest absolute Gasteiger partial charge is 0.232 e. The molecule has 0 spiro atoms. The van der Waals surface area contributed by atoms with E-state index in [1.807, 2.05) is 13.8 Å². The number of carbonyl (C=O) groups excluding carboxylic acids is 2. The summed E-state index contributed by atoms with van der Waals surface area (Å²) in [5, 5.41) is 2.39. The third-order valence-corrected chi connectivity index (χ3v) is 2.32. The summed E-state index contributed by atoms with van der Waals surface area (Å²) in [7, 11) is 0. The molecule has 0 atom stereocenters. The van der Waals surface area contributed by atoms with Gasteiger partial charge in [0.15, 0.2) is 0 Å². The SMILES string of the molecule is CC1(C)CCCCC(=O)NC1=O. The van der Waals surface area contributed by atoms with Gasteiger partial charge in [-0.25, -0.2) is 0 Å². The molecule has 0 bridgehead atoms. The van der Waals surface area contributed by atoms with Gasteiger partial charge in [-0.1, -0.05) is 20.3 Å². The Kier molecular flexibility index (Phi) is 2.50. The predicted octanol–water partition coefficient (Wildman–Crippen LogP) is 1.23. The van der Waals surface area contributed by atoms with E-state index in [4.69, 9.17) is 0 Å². The quantitative estimate of drug-likeness (QED) is 0.554. The zero-order valence-corrected chi connectivity index (χ0v) is 7.64. The molecule has 0 aliphatic carbocycles. The van der Waals surface area contributed by atoms with Crippen LogP contribution in [0.15, 0.2) is 0 Å². The summed E-state index contributed by atoms with van der Waals surface area (Å²) in [6.07, 6.45) is 3.21. The number of hydrogen-bond donors (Lipinski definition) is 1. The van der Waals surface area contributed by atoms with Gasteiger partial charge in [-0.05, 0) is 12.8 Å². The lowest BCUT2D eigenvalue weighted by atomic mass is 9.85. The van der Waals surface area contributed by atoms with E-state index in [0.29, 0.717) is 6.42 Å². The van der Waals surface area contributed by atoms with Crippen molar-refractivity contribution in [2.24, 2.45) is 5.41 Å². The fraction of sp³-hybridized carbons (Fsp3) is 0.778. The van der Waals surface area contributed by atoms with Gasteiger partial charge in [0, 0.05) is 11.8 Å². The zero-order valence-electron chi connectivity index (χ0n) is 7.64. The van der Waals surface area contributed by atoms with Crippen LogP contribution in [0.3, 0.4) is 0 Å². The second-order valence-corrected chi connectivity index (χ2v) is 3.97. The highest BCUT2D eigenvalue weighted by Crippen LogP contribution is 2.25. The van der Waals surface area contributed by atoms with E-state index in [-0.39, 0.29) is 17.2 Å². The molecular formula is C9H15NO2. The third-order valence-electron chi connectivity index (χ3n) is 2.32. The highest BCUT2D eigenvalue weighted by molar-refractivity contribution is 5.97. The van der Waals surface area contributed by atoms with Gasteiger partial charge in [-0.2, -0.15) is 0 Å². The Labute approximate surface area is 72.5 Å². The lowest BCUT2D eigenvalue weighted by Crippen LogP contribution is -2.41. The van der Waals surface area contributed by atoms with Crippen molar-refractivity contribution in [1.82, 2.24) is 5.32 Å². The van der Waals surface area contributed by atoms with Crippen LogP contribution in [-0.4, -0.2) is 11.8 Å². The molecule has 12 heavy (non-hydrogen) atoms. The molecule has 0 aromatic carbocycles. The molecule has 0 unspecified atom stereocenters. The molecule has 0 saturated carbocycles. The fourth-order valence-corrected chi connectivity index (χ4v) is 1.32. The molecule has 1 fully saturated rings. The van der Waals surface area contributed by atoms with E-state index in [9.17, 15) is 9.59 Å². The maximum absolute atomic E-state index is 11.4. The van der Waals surface area contributed by atoms with E-state index in [2.05, 4.69) is 5.32 Å². The molecule has 0 radical (unpaired) electrons. The van der Waals surface area contributed by atoms with E-state index < -0.39 is 0 Å². The molecular weight excluding hydrogens is 154 g/mol. The van der Waals surface area contributed by atoms with E-state index in [1.165, 1.54) is 0 Å². The van der Waals surface area contributed by atoms with Crippen molar-refractivity contribution in [2.45, 2.75) is 39.5 Å². The first-order valence-corrected chi connectivity index (χ1v) is 4.37. The number of imide groups is 1. The largest absolute Gasteiger partial charge is 0.296 e. The molecule has 0 aromatic heterocycles. The van der Waals surface area contributed by atoms with Gasteiger partial charge >= 0.3 is 0 Å². The Morgan fingerprint density at radius 3 is 2.58 bits per heavy atom. The molecule has 2 amide bonds. The standard InChI is InChI=1S/C9H15NO2/c1-9(2)6-4-3-5-7(11)10-8(9)12/h3-6H2,1-2H3,(H,10,11,12). The summed E-state index contributed by atoms with van der Waals surface area (Å²) in [6.45, 7) is 3.75. The third kappa shape index (κ3) is 2.06. The summed E-state index contributed by atoms with van der Waals surface area (Å²) in [5.41, 5.74) is -0.379. The number of hydrogen-bond acceptors (Lipinski definition) is 2. The van der Waals surface area contributed by atoms with Crippen molar-refractivity contribution in [3.05, 3.63) is 0 Å². The van der Waals surface area contributed by atoms with Crippen LogP contribution >= 0.6 is 0 Å². The molecule has 1 rings (SSSR count). The summed E-state index contributed by atoms with van der Waals surface area (Å²) in [6, 6.07) is 0. The van der Waals surface area contributed by atoms with E-state index >= 15 is 0 Å². The van der Waals surface area contributed by atoms with E-state index in [1.54, 1.807) is 0 Å². The van der Waals surface area contributed by atoms with Crippen molar-refractivity contribution in [3.63, 3.8) is 0 Å². The predicted molar refractivity (Wildman–Crippen MR) is 45.4 cm³/mol. The molecule has 3 heteroatoms. The second kappa shape index (κ2) is 3.25. The van der Waals surface area contributed by atoms with Crippen LogP contribution in [0.4, 0.5) is 0 Å². The average Bonchev–Trinajstić information content (AvgIpc) is 1.96. The Morgan fingerprint density at radius 1 is 1.25 bits per heavy atom. The van der Waals surface area contributed by atoms with Crippen LogP contribution in [-0.2, 0) is 9.59 Å². The topological polar surface area (TPSA) is 46.2 Å². The van der Waals surface area contributed by atoms with Crippen LogP contribution in [0, 0.1) is 5.41 Å². The van der Waals surface area contributed by atoms with Gasteiger partial charge < -0.3 is 0 Å². The lowest BCUT2D eigenvalue weighted by Gasteiger charge is -2.24. The Bertz CT molecular complexity index is 209. The van der Waals surface area contributed by atoms with Crippen molar-refractivity contribution < 1.29 is 9.59 Å². The van der Waals surface area contributed by atoms with Gasteiger partial charge in [-0.3, -0.25) is 14.9 Å². The average molecular weight is 169 g/mol. The zero-order chi connectivity index (χ0) is 9.19. The maximum atomic E-state index is 11.4. The van der Waals surface area contributed by atoms with Gasteiger partial charge in [0.25, 0.3) is 0 Å². The molecule has 1 aliphatic rings. The number of nitrogens with one attached hydrogen (secondary N) is 1. The Hall–Kier alpha value is -0.860. The highest BCUT2D eigenvalue weighted by atomic mass is 16.2. The summed E-state index contributed by atoms with van der Waals surface area (Å²) in [5.74, 6) is -0.264. The Morgan fingerprint density at radius 2 is 1.92 bits per heavy atom. The molecule has 0 aromatic rings. The van der Waals surface area contributed by atoms with Crippen LogP contribution in [0.1, 0.15) is 39.5 Å². The Balaban J connectivity index is 2.67. The lowest BCUT2D eigenvalue weighted by molar-refractivity contribution is -0.137.